The van der Waals surface area contributed by atoms with E-state index in [0.717, 1.165) is 17.7 Å². The van der Waals surface area contributed by atoms with E-state index in [0.29, 0.717) is 145 Å². The third kappa shape index (κ3) is 19.7. The molecule has 3 aromatic rings. The lowest BCUT2D eigenvalue weighted by molar-refractivity contribution is -0.136. The molecule has 410 valence electrons. The van der Waals surface area contributed by atoms with Crippen LogP contribution in [0.1, 0.15) is 76.3 Å². The average Bonchev–Trinajstić information content (AvgIpc) is 3.88. The molecule has 0 spiro atoms. The second-order valence-electron chi connectivity index (χ2n) is 17.4. The van der Waals surface area contributed by atoms with Gasteiger partial charge in [-0.15, -0.1) is 0 Å². The van der Waals surface area contributed by atoms with E-state index < -0.39 is 35.8 Å². The average molecular weight is 1050 g/mol. The van der Waals surface area contributed by atoms with Gasteiger partial charge >= 0.3 is 6.09 Å². The summed E-state index contributed by atoms with van der Waals surface area (Å²) in [7, 11) is 0. The van der Waals surface area contributed by atoms with E-state index in [4.69, 9.17) is 52.1 Å². The van der Waals surface area contributed by atoms with Crippen molar-refractivity contribution in [3.05, 3.63) is 89.0 Å². The minimum absolute atomic E-state index is 0.0223. The van der Waals surface area contributed by atoms with Crippen LogP contribution < -0.4 is 16.0 Å². The summed E-state index contributed by atoms with van der Waals surface area (Å²) in [4.78, 5) is 76.0. The zero-order valence-corrected chi connectivity index (χ0v) is 42.7. The second-order valence-corrected chi connectivity index (χ2v) is 17.4. The van der Waals surface area contributed by atoms with Gasteiger partial charge in [0.05, 0.1) is 142 Å². The van der Waals surface area contributed by atoms with Crippen LogP contribution in [0.4, 0.5) is 10.5 Å². The number of carbonyl (C=O) groups excluding carboxylic acids is 6. The number of imide groups is 2. The number of anilines is 1. The molecule has 1 saturated heterocycles. The molecule has 6 rings (SSSR count). The van der Waals surface area contributed by atoms with Crippen molar-refractivity contribution >= 4 is 41.3 Å². The quantitative estimate of drug-likeness (QED) is 0.0531. The monoisotopic (exact) mass is 1050 g/mol. The fourth-order valence-electron chi connectivity index (χ4n) is 8.45. The van der Waals surface area contributed by atoms with Gasteiger partial charge < -0.3 is 62.7 Å². The summed E-state index contributed by atoms with van der Waals surface area (Å²) in [5.74, 6) is -2.72. The first-order valence-electron chi connectivity index (χ1n) is 25.8. The first-order chi connectivity index (χ1) is 36.8. The fraction of sp³-hybridized carbons (Fsp3) is 0.556. The number of hydrogen-bond acceptors (Lipinski definition) is 17. The summed E-state index contributed by atoms with van der Waals surface area (Å²) in [6.45, 7) is 9.49. The van der Waals surface area contributed by atoms with Crippen molar-refractivity contribution in [2.24, 2.45) is 0 Å². The van der Waals surface area contributed by atoms with E-state index in [-0.39, 0.29) is 54.5 Å². The Morgan fingerprint density at radius 3 is 1.49 bits per heavy atom. The van der Waals surface area contributed by atoms with Gasteiger partial charge in [-0.3, -0.25) is 34.2 Å². The first-order valence-corrected chi connectivity index (χ1v) is 25.8. The number of amides is 6. The molecule has 2 heterocycles. The fourth-order valence-corrected chi connectivity index (χ4v) is 8.45. The summed E-state index contributed by atoms with van der Waals surface area (Å²) in [6.07, 6.45) is 1.94. The van der Waals surface area contributed by atoms with Crippen molar-refractivity contribution in [1.82, 2.24) is 15.5 Å². The summed E-state index contributed by atoms with van der Waals surface area (Å²) >= 11 is 0. The van der Waals surface area contributed by atoms with Crippen LogP contribution in [0, 0.1) is 0 Å². The molecule has 3 N–H and O–H groups in total. The SMILES string of the molecule is O=C1CCC(N2C(=O)c3cccc(NC(=O)CCCCCOCCOCCOCCOCCOCCOCCOCCOCCOCCOCCNC(=O)OCC4c5ccccc5-c5ccccc54)c3C2=O)C(=O)N1. The molecule has 1 aliphatic carbocycles. The van der Waals surface area contributed by atoms with E-state index in [1.54, 1.807) is 12.1 Å². The standard InChI is InChI=1S/C54H72N4O17/c59-48(56-46-14-8-13-44-50(46)53(63)58(52(44)62)47-16-17-49(60)57-51(47)61)15-2-1-7-19-65-21-23-67-25-27-69-29-31-71-33-35-73-37-38-74-36-34-72-32-30-70-28-26-68-24-22-66-20-18-55-54(64)75-39-45-42-11-5-3-9-40(42)41-10-4-6-12-43(41)45/h3-6,8-14,45,47H,1-2,7,15-39H2,(H,55,64)(H,56,59)(H,57,60,61). The summed E-state index contributed by atoms with van der Waals surface area (Å²) in [5.41, 5.74) is 5.10. The van der Waals surface area contributed by atoms with E-state index >= 15 is 0 Å². The number of benzene rings is 3. The van der Waals surface area contributed by atoms with Crippen molar-refractivity contribution < 1.29 is 80.9 Å². The number of alkyl carbamates (subject to hydrolysis) is 1. The molecule has 3 aromatic carbocycles. The van der Waals surface area contributed by atoms with Gasteiger partial charge in [-0.2, -0.15) is 0 Å². The summed E-state index contributed by atoms with van der Waals surface area (Å²) in [6, 6.07) is 20.0. The van der Waals surface area contributed by atoms with E-state index in [2.05, 4.69) is 40.2 Å². The lowest BCUT2D eigenvalue weighted by Gasteiger charge is -2.27. The van der Waals surface area contributed by atoms with E-state index in [9.17, 15) is 28.8 Å². The zero-order valence-electron chi connectivity index (χ0n) is 42.7. The highest BCUT2D eigenvalue weighted by Gasteiger charge is 2.45. The molecule has 1 unspecified atom stereocenters. The second kappa shape index (κ2) is 34.0. The lowest BCUT2D eigenvalue weighted by Crippen LogP contribution is -2.54. The molecular formula is C54H72N4O17. The molecule has 3 aliphatic rings. The summed E-state index contributed by atoms with van der Waals surface area (Å²) in [5, 5.41) is 7.65. The molecule has 1 fully saturated rings. The number of rotatable bonds is 40. The van der Waals surface area contributed by atoms with Crippen molar-refractivity contribution in [3.63, 3.8) is 0 Å². The molecule has 6 amide bonds. The maximum atomic E-state index is 13.2. The summed E-state index contributed by atoms with van der Waals surface area (Å²) < 4.78 is 60.9. The van der Waals surface area contributed by atoms with Gasteiger partial charge in [-0.1, -0.05) is 61.0 Å². The molecular weight excluding hydrogens is 977 g/mol. The molecule has 21 nitrogen and oxygen atoms in total. The van der Waals surface area contributed by atoms with Gasteiger partial charge in [-0.05, 0) is 53.6 Å². The smallest absolute Gasteiger partial charge is 0.407 e. The highest BCUT2D eigenvalue weighted by molar-refractivity contribution is 6.26. The number of hydrogen-bond donors (Lipinski definition) is 3. The molecule has 0 saturated carbocycles. The van der Waals surface area contributed by atoms with Gasteiger partial charge in [0.15, 0.2) is 0 Å². The van der Waals surface area contributed by atoms with Crippen LogP contribution in [0.2, 0.25) is 0 Å². The Balaban J connectivity index is 0.603. The normalized spacial score (nSPS) is 15.0. The Morgan fingerprint density at radius 1 is 0.520 bits per heavy atom. The van der Waals surface area contributed by atoms with Crippen molar-refractivity contribution in [1.29, 1.82) is 0 Å². The largest absolute Gasteiger partial charge is 0.449 e. The van der Waals surface area contributed by atoms with Crippen LogP contribution >= 0.6 is 0 Å². The van der Waals surface area contributed by atoms with Crippen LogP contribution in [0.5, 0.6) is 0 Å². The lowest BCUT2D eigenvalue weighted by atomic mass is 9.98. The van der Waals surface area contributed by atoms with Crippen LogP contribution in [-0.2, 0) is 66.5 Å². The van der Waals surface area contributed by atoms with Crippen molar-refractivity contribution in [2.45, 2.75) is 50.5 Å². The van der Waals surface area contributed by atoms with Gasteiger partial charge in [0, 0.05) is 31.9 Å². The van der Waals surface area contributed by atoms with Gasteiger partial charge in [0.1, 0.15) is 12.6 Å². The molecule has 21 heteroatoms. The minimum Gasteiger partial charge on any atom is -0.449 e. The highest BCUT2D eigenvalue weighted by atomic mass is 16.6. The Morgan fingerprint density at radius 2 is 0.987 bits per heavy atom. The third-order valence-corrected chi connectivity index (χ3v) is 12.1. The molecule has 0 radical (unpaired) electrons. The number of nitrogens with zero attached hydrogens (tertiary/aromatic N) is 1. The maximum absolute atomic E-state index is 13.2. The maximum Gasteiger partial charge on any atom is 0.407 e. The number of fused-ring (bicyclic) bond motifs is 4. The third-order valence-electron chi connectivity index (χ3n) is 12.1. The van der Waals surface area contributed by atoms with Gasteiger partial charge in [0.25, 0.3) is 11.8 Å². The van der Waals surface area contributed by atoms with E-state index in [1.165, 1.54) is 28.3 Å². The van der Waals surface area contributed by atoms with Gasteiger partial charge in [-0.25, -0.2) is 4.79 Å². The molecule has 1 atom stereocenters. The predicted molar refractivity (Wildman–Crippen MR) is 271 cm³/mol. The van der Waals surface area contributed by atoms with Crippen LogP contribution in [0.15, 0.2) is 66.7 Å². The molecule has 0 bridgehead atoms. The number of nitrogens with one attached hydrogen (secondary N) is 3. The van der Waals surface area contributed by atoms with Crippen LogP contribution in [0.25, 0.3) is 11.1 Å². The number of unbranched alkanes of at least 4 members (excludes halogenated alkanes) is 2. The zero-order chi connectivity index (χ0) is 52.7. The molecule has 0 aromatic heterocycles. The molecule has 75 heavy (non-hydrogen) atoms. The number of piperidine rings is 1. The minimum atomic E-state index is -1.08. The van der Waals surface area contributed by atoms with Crippen molar-refractivity contribution in [3.8, 4) is 11.1 Å². The predicted octanol–water partition coefficient (Wildman–Crippen LogP) is 4.29. The number of ether oxygens (including phenoxy) is 11. The van der Waals surface area contributed by atoms with Gasteiger partial charge in [0.2, 0.25) is 17.7 Å². The van der Waals surface area contributed by atoms with Crippen LogP contribution in [-0.4, -0.2) is 192 Å². The Kier molecular flexibility index (Phi) is 26.6. The topological polar surface area (TPSA) is 243 Å². The number of carbonyl (C=O) groups is 6. The Labute approximate surface area is 437 Å². The Bertz CT molecular complexity index is 2220. The Hall–Kier alpha value is -5.72. The molecule has 2 aliphatic heterocycles. The van der Waals surface area contributed by atoms with Crippen LogP contribution in [0.3, 0.4) is 0 Å². The first kappa shape index (κ1) is 58.5. The highest BCUT2D eigenvalue weighted by Crippen LogP contribution is 2.44. The van der Waals surface area contributed by atoms with Crippen molar-refractivity contribution in [2.75, 3.05) is 151 Å². The van der Waals surface area contributed by atoms with E-state index in [1.807, 2.05) is 24.3 Å².